The molecule has 0 amide bonds. The van der Waals surface area contributed by atoms with Gasteiger partial charge in [-0.2, -0.15) is 0 Å². The molecule has 3 aromatic rings. The molecule has 0 N–H and O–H groups in total. The molecule has 1 aliphatic heterocycles. The molecule has 0 unspecified atom stereocenters. The minimum Gasteiger partial charge on any atom is -0.313 e. The lowest BCUT2D eigenvalue weighted by atomic mass is 10.0. The fourth-order valence-electron chi connectivity index (χ4n) is 3.49. The maximum absolute atomic E-state index is 6.06. The van der Waals surface area contributed by atoms with Crippen molar-refractivity contribution in [2.75, 3.05) is 13.6 Å². The summed E-state index contributed by atoms with van der Waals surface area (Å²) in [6.07, 6.45) is 1.09. The van der Waals surface area contributed by atoms with E-state index >= 15 is 0 Å². The van der Waals surface area contributed by atoms with Gasteiger partial charge in [0.05, 0.1) is 5.52 Å². The van der Waals surface area contributed by atoms with Crippen LogP contribution >= 0.6 is 11.6 Å². The van der Waals surface area contributed by atoms with Crippen LogP contribution in [0.25, 0.3) is 16.6 Å². The van der Waals surface area contributed by atoms with E-state index in [4.69, 9.17) is 11.6 Å². The first-order valence-electron chi connectivity index (χ1n) is 7.71. The standard InChI is InChI=1S/C19H19ClN2/c1-13-3-8-18-16(11-13)17-12-21(2)10-9-19(17)22(18)15-6-4-14(20)5-7-15/h3-8,11H,9-10,12H2,1-2H3. The molecule has 112 valence electrons. The second-order valence-corrected chi connectivity index (χ2v) is 6.68. The van der Waals surface area contributed by atoms with Crippen molar-refractivity contribution in [3.63, 3.8) is 0 Å². The molecule has 0 saturated heterocycles. The average Bonchev–Trinajstić information content (AvgIpc) is 2.81. The van der Waals surface area contributed by atoms with Gasteiger partial charge in [-0.25, -0.2) is 0 Å². The maximum Gasteiger partial charge on any atom is 0.0535 e. The molecule has 1 aromatic heterocycles. The van der Waals surface area contributed by atoms with Crippen molar-refractivity contribution in [2.24, 2.45) is 0 Å². The van der Waals surface area contributed by atoms with Crippen molar-refractivity contribution in [3.05, 3.63) is 64.3 Å². The van der Waals surface area contributed by atoms with Crippen LogP contribution < -0.4 is 0 Å². The van der Waals surface area contributed by atoms with Crippen LogP contribution in [-0.2, 0) is 13.0 Å². The molecule has 2 aromatic carbocycles. The quantitative estimate of drug-likeness (QED) is 0.638. The van der Waals surface area contributed by atoms with E-state index in [1.807, 2.05) is 12.1 Å². The smallest absolute Gasteiger partial charge is 0.0535 e. The molecule has 22 heavy (non-hydrogen) atoms. The molecular weight excluding hydrogens is 292 g/mol. The van der Waals surface area contributed by atoms with Crippen LogP contribution in [0.15, 0.2) is 42.5 Å². The van der Waals surface area contributed by atoms with E-state index in [0.717, 1.165) is 24.5 Å². The first-order valence-corrected chi connectivity index (χ1v) is 8.08. The highest BCUT2D eigenvalue weighted by Crippen LogP contribution is 2.34. The molecule has 1 aliphatic rings. The molecule has 3 heteroatoms. The highest BCUT2D eigenvalue weighted by atomic mass is 35.5. The first-order chi connectivity index (χ1) is 10.6. The van der Waals surface area contributed by atoms with E-state index in [0.29, 0.717) is 0 Å². The van der Waals surface area contributed by atoms with Crippen LogP contribution in [0.5, 0.6) is 0 Å². The number of halogens is 1. The Bertz CT molecular complexity index is 846. The lowest BCUT2D eigenvalue weighted by Gasteiger charge is -2.24. The minimum absolute atomic E-state index is 0.782. The van der Waals surface area contributed by atoms with Crippen LogP contribution in [0.4, 0.5) is 0 Å². The van der Waals surface area contributed by atoms with Crippen molar-refractivity contribution in [1.29, 1.82) is 0 Å². The van der Waals surface area contributed by atoms with Gasteiger partial charge in [0.25, 0.3) is 0 Å². The van der Waals surface area contributed by atoms with E-state index in [1.54, 1.807) is 0 Å². The monoisotopic (exact) mass is 310 g/mol. The lowest BCUT2D eigenvalue weighted by molar-refractivity contribution is 0.311. The first kappa shape index (κ1) is 13.9. The minimum atomic E-state index is 0.782. The van der Waals surface area contributed by atoms with Crippen molar-refractivity contribution in [3.8, 4) is 5.69 Å². The van der Waals surface area contributed by atoms with Gasteiger partial charge < -0.3 is 9.47 Å². The van der Waals surface area contributed by atoms with Crippen LogP contribution in [0.2, 0.25) is 5.02 Å². The number of likely N-dealkylation sites (N-methyl/N-ethyl adjacent to an activating group) is 1. The summed E-state index contributed by atoms with van der Waals surface area (Å²) in [5.74, 6) is 0. The van der Waals surface area contributed by atoms with Gasteiger partial charge in [0, 0.05) is 41.3 Å². The number of hydrogen-bond donors (Lipinski definition) is 0. The summed E-state index contributed by atoms with van der Waals surface area (Å²) in [7, 11) is 2.20. The van der Waals surface area contributed by atoms with Gasteiger partial charge in [-0.15, -0.1) is 0 Å². The fraction of sp³-hybridized carbons (Fsp3) is 0.263. The van der Waals surface area contributed by atoms with Crippen LogP contribution in [0, 0.1) is 6.92 Å². The highest BCUT2D eigenvalue weighted by molar-refractivity contribution is 6.30. The van der Waals surface area contributed by atoms with Crippen LogP contribution in [0.1, 0.15) is 16.8 Å². The van der Waals surface area contributed by atoms with E-state index in [9.17, 15) is 0 Å². The normalized spacial score (nSPS) is 15.2. The second kappa shape index (κ2) is 5.15. The largest absolute Gasteiger partial charge is 0.313 e. The number of rotatable bonds is 1. The summed E-state index contributed by atoms with van der Waals surface area (Å²) in [6, 6.07) is 14.9. The second-order valence-electron chi connectivity index (χ2n) is 6.25. The van der Waals surface area contributed by atoms with Crippen molar-refractivity contribution in [2.45, 2.75) is 19.9 Å². The zero-order chi connectivity index (χ0) is 15.3. The van der Waals surface area contributed by atoms with Crippen LogP contribution in [0.3, 0.4) is 0 Å². The maximum atomic E-state index is 6.06. The van der Waals surface area contributed by atoms with Gasteiger partial charge in [0.1, 0.15) is 0 Å². The van der Waals surface area contributed by atoms with Gasteiger partial charge in [0.2, 0.25) is 0 Å². The zero-order valence-corrected chi connectivity index (χ0v) is 13.7. The molecule has 0 atom stereocenters. The third kappa shape index (κ3) is 2.15. The van der Waals surface area contributed by atoms with Gasteiger partial charge in [-0.1, -0.05) is 23.2 Å². The molecule has 0 saturated carbocycles. The Morgan fingerprint density at radius 2 is 1.82 bits per heavy atom. The third-order valence-corrected chi connectivity index (χ3v) is 4.83. The summed E-state index contributed by atoms with van der Waals surface area (Å²) in [5.41, 5.74) is 6.73. The number of benzene rings is 2. The molecule has 0 aliphatic carbocycles. The number of fused-ring (bicyclic) bond motifs is 3. The molecule has 0 spiro atoms. The van der Waals surface area contributed by atoms with E-state index < -0.39 is 0 Å². The predicted molar refractivity (Wildman–Crippen MR) is 93.1 cm³/mol. The molecular formula is C19H19ClN2. The molecule has 2 nitrogen and oxygen atoms in total. The van der Waals surface area contributed by atoms with Crippen molar-refractivity contribution >= 4 is 22.5 Å². The Balaban J connectivity index is 2.03. The summed E-state index contributed by atoms with van der Waals surface area (Å²) in [6.45, 7) is 4.30. The van der Waals surface area contributed by atoms with Gasteiger partial charge in [-0.05, 0) is 55.9 Å². The molecule has 2 heterocycles. The molecule has 4 rings (SSSR count). The van der Waals surface area contributed by atoms with Gasteiger partial charge in [0.15, 0.2) is 0 Å². The summed E-state index contributed by atoms with van der Waals surface area (Å²) < 4.78 is 2.41. The van der Waals surface area contributed by atoms with Gasteiger partial charge >= 0.3 is 0 Å². The van der Waals surface area contributed by atoms with E-state index in [1.165, 1.54) is 33.4 Å². The Morgan fingerprint density at radius 3 is 2.59 bits per heavy atom. The Kier molecular flexibility index (Phi) is 3.24. The van der Waals surface area contributed by atoms with E-state index in [2.05, 4.69) is 53.8 Å². The average molecular weight is 311 g/mol. The van der Waals surface area contributed by atoms with Crippen LogP contribution in [-0.4, -0.2) is 23.1 Å². The fourth-order valence-corrected chi connectivity index (χ4v) is 3.62. The van der Waals surface area contributed by atoms with Gasteiger partial charge in [-0.3, -0.25) is 0 Å². The predicted octanol–water partition coefficient (Wildman–Crippen LogP) is 4.58. The summed E-state index contributed by atoms with van der Waals surface area (Å²) >= 11 is 6.06. The Labute approximate surface area is 135 Å². The lowest BCUT2D eigenvalue weighted by Crippen LogP contribution is -2.27. The number of hydrogen-bond acceptors (Lipinski definition) is 1. The molecule has 0 bridgehead atoms. The Hall–Kier alpha value is -1.77. The SMILES string of the molecule is Cc1ccc2c(c1)c1c(n2-c2ccc(Cl)cc2)CCN(C)C1. The number of nitrogens with zero attached hydrogens (tertiary/aromatic N) is 2. The summed E-state index contributed by atoms with van der Waals surface area (Å²) in [5, 5.41) is 2.17. The van der Waals surface area contributed by atoms with Crippen molar-refractivity contribution in [1.82, 2.24) is 9.47 Å². The molecule has 0 radical (unpaired) electrons. The number of aromatic nitrogens is 1. The Morgan fingerprint density at radius 1 is 1.05 bits per heavy atom. The highest BCUT2D eigenvalue weighted by Gasteiger charge is 2.23. The van der Waals surface area contributed by atoms with E-state index in [-0.39, 0.29) is 0 Å². The number of aryl methyl sites for hydroxylation is 1. The summed E-state index contributed by atoms with van der Waals surface area (Å²) in [4.78, 5) is 2.40. The third-order valence-electron chi connectivity index (χ3n) is 4.58. The topological polar surface area (TPSA) is 8.17 Å². The zero-order valence-electron chi connectivity index (χ0n) is 12.9. The molecule has 0 fully saturated rings. The van der Waals surface area contributed by atoms with Crippen molar-refractivity contribution < 1.29 is 0 Å².